The van der Waals surface area contributed by atoms with Gasteiger partial charge >= 0.3 is 0 Å². The monoisotopic (exact) mass is 430 g/mol. The molecule has 0 radical (unpaired) electrons. The highest BCUT2D eigenvalue weighted by Gasteiger charge is 2.08. The Morgan fingerprint density at radius 3 is 2.61 bits per heavy atom. The van der Waals surface area contributed by atoms with E-state index in [9.17, 15) is 0 Å². The number of thiazole rings is 1. The Morgan fingerprint density at radius 2 is 1.87 bits per heavy atom. The molecule has 3 nitrogen and oxygen atoms in total. The quantitative estimate of drug-likeness (QED) is 0.515. The van der Waals surface area contributed by atoms with Crippen molar-refractivity contribution in [2.45, 2.75) is 0 Å². The summed E-state index contributed by atoms with van der Waals surface area (Å²) in [5.74, 6) is 0.772. The molecule has 0 saturated heterocycles. The minimum atomic E-state index is 0. The van der Waals surface area contributed by atoms with E-state index in [4.69, 9.17) is 27.9 Å². The normalized spacial score (nSPS) is 10.0. The van der Waals surface area contributed by atoms with Crippen molar-refractivity contribution in [3.8, 4) is 17.0 Å². The Hall–Kier alpha value is -1.27. The van der Waals surface area contributed by atoms with Gasteiger partial charge in [0.15, 0.2) is 5.13 Å². The summed E-state index contributed by atoms with van der Waals surface area (Å²) in [4.78, 5) is 4.57. The lowest BCUT2D eigenvalue weighted by molar-refractivity contribution is 0.417. The summed E-state index contributed by atoms with van der Waals surface area (Å²) in [5.41, 5.74) is 2.65. The predicted octanol–water partition coefficient (Wildman–Crippen LogP) is 6.45. The number of rotatable bonds is 4. The van der Waals surface area contributed by atoms with Crippen LogP contribution < -0.4 is 10.1 Å². The van der Waals surface area contributed by atoms with E-state index in [0.717, 1.165) is 27.8 Å². The average molecular weight is 432 g/mol. The van der Waals surface area contributed by atoms with Gasteiger partial charge in [0.25, 0.3) is 0 Å². The highest BCUT2D eigenvalue weighted by molar-refractivity contribution is 8.93. The first kappa shape index (κ1) is 18.1. The number of para-hydroxylation sites is 2. The molecule has 0 amide bonds. The van der Waals surface area contributed by atoms with Crippen molar-refractivity contribution in [2.24, 2.45) is 0 Å². The van der Waals surface area contributed by atoms with Crippen molar-refractivity contribution >= 4 is 62.3 Å². The largest absolute Gasteiger partial charge is 0.495 e. The first-order chi connectivity index (χ1) is 10.7. The average Bonchev–Trinajstić information content (AvgIpc) is 2.99. The Morgan fingerprint density at radius 1 is 1.09 bits per heavy atom. The molecule has 1 heterocycles. The summed E-state index contributed by atoms with van der Waals surface area (Å²) < 4.78 is 5.32. The number of hydrogen-bond acceptors (Lipinski definition) is 4. The molecule has 120 valence electrons. The van der Waals surface area contributed by atoms with Crippen LogP contribution >= 0.6 is 51.5 Å². The van der Waals surface area contributed by atoms with Gasteiger partial charge in [-0.15, -0.1) is 28.3 Å². The topological polar surface area (TPSA) is 34.1 Å². The van der Waals surface area contributed by atoms with Crippen LogP contribution in [-0.2, 0) is 0 Å². The third-order valence-corrected chi connectivity index (χ3v) is 4.56. The molecule has 0 aliphatic heterocycles. The van der Waals surface area contributed by atoms with Crippen LogP contribution in [0.3, 0.4) is 0 Å². The number of methoxy groups -OCH3 is 1. The van der Waals surface area contributed by atoms with E-state index in [1.807, 2.05) is 41.8 Å². The van der Waals surface area contributed by atoms with E-state index in [1.54, 1.807) is 13.2 Å². The molecule has 1 aromatic heterocycles. The van der Waals surface area contributed by atoms with Gasteiger partial charge in [-0.3, -0.25) is 0 Å². The highest BCUT2D eigenvalue weighted by atomic mass is 79.9. The van der Waals surface area contributed by atoms with Crippen LogP contribution in [0.15, 0.2) is 47.8 Å². The molecule has 0 aliphatic rings. The fourth-order valence-electron chi connectivity index (χ4n) is 1.98. The molecule has 1 N–H and O–H groups in total. The van der Waals surface area contributed by atoms with Crippen LogP contribution in [0.2, 0.25) is 10.0 Å². The number of nitrogens with zero attached hydrogens (tertiary/aromatic N) is 1. The van der Waals surface area contributed by atoms with E-state index in [2.05, 4.69) is 10.3 Å². The zero-order valence-electron chi connectivity index (χ0n) is 12.0. The summed E-state index contributed by atoms with van der Waals surface area (Å²) in [6.07, 6.45) is 0. The third kappa shape index (κ3) is 4.18. The first-order valence-electron chi connectivity index (χ1n) is 6.48. The summed E-state index contributed by atoms with van der Waals surface area (Å²) in [5, 5.41) is 7.07. The van der Waals surface area contributed by atoms with Gasteiger partial charge in [0.1, 0.15) is 5.75 Å². The molecule has 2 aromatic carbocycles. The molecule has 3 rings (SSSR count). The Balaban J connectivity index is 0.00000192. The highest BCUT2D eigenvalue weighted by Crippen LogP contribution is 2.33. The zero-order chi connectivity index (χ0) is 15.5. The van der Waals surface area contributed by atoms with Crippen molar-refractivity contribution in [2.75, 3.05) is 12.4 Å². The summed E-state index contributed by atoms with van der Waals surface area (Å²) >= 11 is 13.5. The van der Waals surface area contributed by atoms with Crippen molar-refractivity contribution in [3.63, 3.8) is 0 Å². The molecule has 0 bridgehead atoms. The van der Waals surface area contributed by atoms with E-state index >= 15 is 0 Å². The van der Waals surface area contributed by atoms with Crippen molar-refractivity contribution in [1.29, 1.82) is 0 Å². The molecule has 0 atom stereocenters. The molecule has 0 unspecified atom stereocenters. The molecule has 3 aromatic rings. The SMILES string of the molecule is Br.COc1ccccc1Nc1nc(-c2ccc(Cl)c(Cl)c2)cs1. The Labute approximate surface area is 159 Å². The maximum Gasteiger partial charge on any atom is 0.187 e. The fraction of sp³-hybridized carbons (Fsp3) is 0.0625. The van der Waals surface area contributed by atoms with E-state index in [1.165, 1.54) is 11.3 Å². The smallest absolute Gasteiger partial charge is 0.187 e. The molecule has 0 spiro atoms. The van der Waals surface area contributed by atoms with Crippen LogP contribution in [0, 0.1) is 0 Å². The lowest BCUT2D eigenvalue weighted by Gasteiger charge is -2.08. The summed E-state index contributed by atoms with van der Waals surface area (Å²) in [7, 11) is 1.64. The molecule has 0 fully saturated rings. The Bertz CT molecular complexity index is 810. The van der Waals surface area contributed by atoms with Gasteiger partial charge in [-0.1, -0.05) is 41.4 Å². The first-order valence-corrected chi connectivity index (χ1v) is 8.12. The van der Waals surface area contributed by atoms with Crippen molar-refractivity contribution < 1.29 is 4.74 Å². The molecule has 7 heteroatoms. The minimum absolute atomic E-state index is 0. The van der Waals surface area contributed by atoms with Crippen molar-refractivity contribution in [1.82, 2.24) is 4.98 Å². The van der Waals surface area contributed by atoms with Gasteiger partial charge < -0.3 is 10.1 Å². The third-order valence-electron chi connectivity index (χ3n) is 3.07. The second-order valence-corrected chi connectivity index (χ2v) is 6.16. The van der Waals surface area contributed by atoms with Gasteiger partial charge in [-0.05, 0) is 24.3 Å². The predicted molar refractivity (Wildman–Crippen MR) is 104 cm³/mol. The maximum atomic E-state index is 6.05. The lowest BCUT2D eigenvalue weighted by atomic mass is 10.2. The van der Waals surface area contributed by atoms with Crippen LogP contribution in [0.5, 0.6) is 5.75 Å². The van der Waals surface area contributed by atoms with Crippen molar-refractivity contribution in [3.05, 3.63) is 57.9 Å². The van der Waals surface area contributed by atoms with E-state index in [-0.39, 0.29) is 17.0 Å². The summed E-state index contributed by atoms with van der Waals surface area (Å²) in [6, 6.07) is 13.2. The number of aromatic nitrogens is 1. The van der Waals surface area contributed by atoms with Crippen LogP contribution in [0.1, 0.15) is 0 Å². The number of nitrogens with one attached hydrogen (secondary N) is 1. The molecule has 23 heavy (non-hydrogen) atoms. The van der Waals surface area contributed by atoms with E-state index in [0.29, 0.717) is 10.0 Å². The standard InChI is InChI=1S/C16H12Cl2N2OS.BrH/c1-21-15-5-3-2-4-13(15)19-16-20-14(9-22-16)10-6-7-11(17)12(18)8-10;/h2-9H,1H3,(H,19,20);1H. The second kappa shape index (κ2) is 8.02. The summed E-state index contributed by atoms with van der Waals surface area (Å²) in [6.45, 7) is 0. The molecule has 0 saturated carbocycles. The second-order valence-electron chi connectivity index (χ2n) is 4.49. The van der Waals surface area contributed by atoms with Crippen LogP contribution in [0.25, 0.3) is 11.3 Å². The lowest BCUT2D eigenvalue weighted by Crippen LogP contribution is -1.93. The zero-order valence-corrected chi connectivity index (χ0v) is 16.1. The molecular weight excluding hydrogens is 419 g/mol. The minimum Gasteiger partial charge on any atom is -0.495 e. The number of hydrogen-bond donors (Lipinski definition) is 1. The number of benzene rings is 2. The van der Waals surface area contributed by atoms with Gasteiger partial charge in [-0.25, -0.2) is 4.98 Å². The molecular formula is C16H13BrCl2N2OS. The van der Waals surface area contributed by atoms with Gasteiger partial charge in [0, 0.05) is 10.9 Å². The van der Waals surface area contributed by atoms with Gasteiger partial charge in [-0.2, -0.15) is 0 Å². The van der Waals surface area contributed by atoms with Gasteiger partial charge in [0.2, 0.25) is 0 Å². The Kier molecular flexibility index (Phi) is 6.30. The van der Waals surface area contributed by atoms with Gasteiger partial charge in [0.05, 0.1) is 28.5 Å². The number of anilines is 2. The van der Waals surface area contributed by atoms with E-state index < -0.39 is 0 Å². The number of halogens is 3. The van der Waals surface area contributed by atoms with Crippen LogP contribution in [0.4, 0.5) is 10.8 Å². The number of ether oxygens (including phenoxy) is 1. The van der Waals surface area contributed by atoms with Crippen LogP contribution in [-0.4, -0.2) is 12.1 Å². The fourth-order valence-corrected chi connectivity index (χ4v) is 3.01. The molecule has 0 aliphatic carbocycles. The maximum absolute atomic E-state index is 6.05.